The smallest absolute Gasteiger partial charge is 0.119 e. The minimum absolute atomic E-state index is 0.194. The van der Waals surface area contributed by atoms with Crippen LogP contribution in [0.2, 0.25) is 0 Å². The van der Waals surface area contributed by atoms with Crippen molar-refractivity contribution in [1.29, 1.82) is 0 Å². The van der Waals surface area contributed by atoms with E-state index < -0.39 is 0 Å². The SMILES string of the molecule is OCCc1ccc(NCc2ccc(OCCN3CCCC3)cc2)cc1. The molecule has 1 heterocycles. The molecule has 25 heavy (non-hydrogen) atoms. The predicted octanol–water partition coefficient (Wildman–Crippen LogP) is 3.31. The molecule has 2 N–H and O–H groups in total. The number of aliphatic hydroxyl groups excluding tert-OH is 1. The number of hydrogen-bond acceptors (Lipinski definition) is 4. The molecule has 2 aromatic carbocycles. The summed E-state index contributed by atoms with van der Waals surface area (Å²) in [5, 5.41) is 12.4. The van der Waals surface area contributed by atoms with Crippen molar-refractivity contribution in [3.63, 3.8) is 0 Å². The molecule has 4 heteroatoms. The summed E-state index contributed by atoms with van der Waals surface area (Å²) < 4.78 is 5.84. The van der Waals surface area contributed by atoms with Gasteiger partial charge in [-0.3, -0.25) is 4.90 Å². The van der Waals surface area contributed by atoms with Crippen LogP contribution in [0, 0.1) is 0 Å². The van der Waals surface area contributed by atoms with Gasteiger partial charge in [-0.15, -0.1) is 0 Å². The van der Waals surface area contributed by atoms with E-state index in [0.29, 0.717) is 6.42 Å². The van der Waals surface area contributed by atoms with Crippen LogP contribution >= 0.6 is 0 Å². The normalized spacial score (nSPS) is 14.6. The second-order valence-electron chi connectivity index (χ2n) is 6.57. The fourth-order valence-corrected chi connectivity index (χ4v) is 3.12. The number of rotatable bonds is 9. The highest BCUT2D eigenvalue weighted by Crippen LogP contribution is 2.15. The number of nitrogens with zero attached hydrogens (tertiary/aromatic N) is 1. The molecule has 1 fully saturated rings. The molecule has 0 unspecified atom stereocenters. The molecule has 0 bridgehead atoms. The van der Waals surface area contributed by atoms with E-state index in [1.54, 1.807) is 0 Å². The molecule has 1 aliphatic heterocycles. The van der Waals surface area contributed by atoms with Crippen molar-refractivity contribution in [2.45, 2.75) is 25.8 Å². The Morgan fingerprint density at radius 2 is 1.60 bits per heavy atom. The average molecular weight is 340 g/mol. The molecule has 0 atom stereocenters. The third-order valence-corrected chi connectivity index (χ3v) is 4.65. The van der Waals surface area contributed by atoms with Gasteiger partial charge in [0.15, 0.2) is 0 Å². The zero-order chi connectivity index (χ0) is 17.3. The third kappa shape index (κ3) is 5.76. The Morgan fingerprint density at radius 3 is 2.28 bits per heavy atom. The molecule has 0 radical (unpaired) electrons. The van der Waals surface area contributed by atoms with Gasteiger partial charge in [0, 0.05) is 25.4 Å². The Kier molecular flexibility index (Phi) is 6.71. The van der Waals surface area contributed by atoms with E-state index in [2.05, 4.69) is 46.6 Å². The number of hydrogen-bond donors (Lipinski definition) is 2. The fourth-order valence-electron chi connectivity index (χ4n) is 3.12. The number of likely N-dealkylation sites (tertiary alicyclic amines) is 1. The Balaban J connectivity index is 1.40. The van der Waals surface area contributed by atoms with E-state index in [4.69, 9.17) is 9.84 Å². The maximum atomic E-state index is 8.94. The van der Waals surface area contributed by atoms with Crippen molar-refractivity contribution in [3.05, 3.63) is 59.7 Å². The molecule has 134 valence electrons. The van der Waals surface area contributed by atoms with Crippen molar-refractivity contribution >= 4 is 5.69 Å². The predicted molar refractivity (Wildman–Crippen MR) is 102 cm³/mol. The van der Waals surface area contributed by atoms with E-state index in [1.165, 1.54) is 31.5 Å². The molecule has 0 spiro atoms. The standard InChI is InChI=1S/C21H28N2O2/c24-15-11-18-3-7-20(8-4-18)22-17-19-5-9-21(10-6-19)25-16-14-23-12-1-2-13-23/h3-10,22,24H,1-2,11-17H2. The van der Waals surface area contributed by atoms with Crippen LogP contribution < -0.4 is 10.1 Å². The Hall–Kier alpha value is -2.04. The van der Waals surface area contributed by atoms with Gasteiger partial charge in [-0.05, 0) is 67.7 Å². The number of anilines is 1. The Morgan fingerprint density at radius 1 is 0.920 bits per heavy atom. The molecule has 1 aliphatic rings. The lowest BCUT2D eigenvalue weighted by Gasteiger charge is -2.15. The van der Waals surface area contributed by atoms with Gasteiger partial charge in [0.1, 0.15) is 12.4 Å². The van der Waals surface area contributed by atoms with E-state index in [-0.39, 0.29) is 6.61 Å². The molecular weight excluding hydrogens is 312 g/mol. The minimum Gasteiger partial charge on any atom is -0.492 e. The maximum absolute atomic E-state index is 8.94. The van der Waals surface area contributed by atoms with Gasteiger partial charge < -0.3 is 15.2 Å². The lowest BCUT2D eigenvalue weighted by atomic mass is 10.1. The molecule has 1 saturated heterocycles. The molecule has 0 saturated carbocycles. The average Bonchev–Trinajstić information content (AvgIpc) is 3.16. The van der Waals surface area contributed by atoms with Crippen molar-refractivity contribution in [1.82, 2.24) is 4.90 Å². The Bertz CT molecular complexity index is 619. The molecule has 2 aromatic rings. The second kappa shape index (κ2) is 9.44. The minimum atomic E-state index is 0.194. The summed E-state index contributed by atoms with van der Waals surface area (Å²) in [4.78, 5) is 2.46. The summed E-state index contributed by atoms with van der Waals surface area (Å²) in [6, 6.07) is 16.5. The van der Waals surface area contributed by atoms with Crippen LogP contribution in [0.4, 0.5) is 5.69 Å². The molecule has 0 amide bonds. The van der Waals surface area contributed by atoms with Crippen molar-refractivity contribution in [2.24, 2.45) is 0 Å². The first kappa shape index (κ1) is 17.8. The molecule has 4 nitrogen and oxygen atoms in total. The first-order chi connectivity index (χ1) is 12.3. The van der Waals surface area contributed by atoms with Crippen LogP contribution in [-0.2, 0) is 13.0 Å². The van der Waals surface area contributed by atoms with Gasteiger partial charge >= 0.3 is 0 Å². The van der Waals surface area contributed by atoms with Crippen LogP contribution in [0.15, 0.2) is 48.5 Å². The van der Waals surface area contributed by atoms with Crippen LogP contribution in [0.5, 0.6) is 5.75 Å². The van der Waals surface area contributed by atoms with E-state index in [9.17, 15) is 0 Å². The number of aliphatic hydroxyl groups is 1. The van der Waals surface area contributed by atoms with Crippen LogP contribution in [0.3, 0.4) is 0 Å². The van der Waals surface area contributed by atoms with Crippen LogP contribution in [0.1, 0.15) is 24.0 Å². The van der Waals surface area contributed by atoms with Gasteiger partial charge in [-0.25, -0.2) is 0 Å². The Labute approximate surface area is 150 Å². The largest absolute Gasteiger partial charge is 0.492 e. The van der Waals surface area contributed by atoms with Gasteiger partial charge in [-0.1, -0.05) is 24.3 Å². The zero-order valence-electron chi connectivity index (χ0n) is 14.8. The van der Waals surface area contributed by atoms with Crippen molar-refractivity contribution in [3.8, 4) is 5.75 Å². The first-order valence-corrected chi connectivity index (χ1v) is 9.21. The molecule has 0 aromatic heterocycles. The highest BCUT2D eigenvalue weighted by atomic mass is 16.5. The summed E-state index contributed by atoms with van der Waals surface area (Å²) >= 11 is 0. The zero-order valence-corrected chi connectivity index (χ0v) is 14.8. The molecule has 3 rings (SSSR count). The monoisotopic (exact) mass is 340 g/mol. The number of nitrogens with one attached hydrogen (secondary N) is 1. The second-order valence-corrected chi connectivity index (χ2v) is 6.57. The van der Waals surface area contributed by atoms with E-state index >= 15 is 0 Å². The van der Waals surface area contributed by atoms with Crippen LogP contribution in [0.25, 0.3) is 0 Å². The van der Waals surface area contributed by atoms with Gasteiger partial charge in [0.05, 0.1) is 0 Å². The summed E-state index contributed by atoms with van der Waals surface area (Å²) in [7, 11) is 0. The van der Waals surface area contributed by atoms with E-state index in [1.807, 2.05) is 12.1 Å². The summed E-state index contributed by atoms with van der Waals surface area (Å²) in [5.41, 5.74) is 3.47. The molecule has 0 aliphatic carbocycles. The summed E-state index contributed by atoms with van der Waals surface area (Å²) in [6.45, 7) is 5.20. The van der Waals surface area contributed by atoms with Crippen molar-refractivity contribution < 1.29 is 9.84 Å². The number of benzene rings is 2. The van der Waals surface area contributed by atoms with Crippen LogP contribution in [-0.4, -0.2) is 42.9 Å². The van der Waals surface area contributed by atoms with Gasteiger partial charge in [0.25, 0.3) is 0 Å². The maximum Gasteiger partial charge on any atom is 0.119 e. The van der Waals surface area contributed by atoms with Crippen molar-refractivity contribution in [2.75, 3.05) is 38.2 Å². The highest BCUT2D eigenvalue weighted by molar-refractivity contribution is 5.45. The first-order valence-electron chi connectivity index (χ1n) is 9.21. The lowest BCUT2D eigenvalue weighted by molar-refractivity contribution is 0.238. The quantitative estimate of drug-likeness (QED) is 0.735. The summed E-state index contributed by atoms with van der Waals surface area (Å²) in [5.74, 6) is 0.941. The van der Waals surface area contributed by atoms with Gasteiger partial charge in [-0.2, -0.15) is 0 Å². The lowest BCUT2D eigenvalue weighted by Crippen LogP contribution is -2.25. The number of ether oxygens (including phenoxy) is 1. The summed E-state index contributed by atoms with van der Waals surface area (Å²) in [6.07, 6.45) is 3.36. The van der Waals surface area contributed by atoms with Gasteiger partial charge in [0.2, 0.25) is 0 Å². The molecular formula is C21H28N2O2. The topological polar surface area (TPSA) is 44.7 Å². The van der Waals surface area contributed by atoms with E-state index in [0.717, 1.165) is 36.7 Å². The fraction of sp³-hybridized carbons (Fsp3) is 0.429. The third-order valence-electron chi connectivity index (χ3n) is 4.65. The highest BCUT2D eigenvalue weighted by Gasteiger charge is 2.10.